The van der Waals surface area contributed by atoms with E-state index in [0.29, 0.717) is 11.3 Å². The van der Waals surface area contributed by atoms with Gasteiger partial charge in [0.05, 0.1) is 12.0 Å². The van der Waals surface area contributed by atoms with Crippen molar-refractivity contribution < 1.29 is 18.4 Å². The maximum atomic E-state index is 13.4. The van der Waals surface area contributed by atoms with Gasteiger partial charge in [0.2, 0.25) is 11.8 Å². The molecule has 0 spiro atoms. The van der Waals surface area contributed by atoms with Crippen molar-refractivity contribution in [2.75, 3.05) is 11.9 Å². The summed E-state index contributed by atoms with van der Waals surface area (Å²) >= 11 is 0. The predicted octanol–water partition coefficient (Wildman–Crippen LogP) is 3.29. The van der Waals surface area contributed by atoms with Crippen LogP contribution in [0.25, 0.3) is 0 Å². The SMILES string of the molecule is C[C@H](NC(=O)[C@H]1CC(=O)N(C)c2ccccc21)c1ccc(F)c(F)c1. The average molecular weight is 344 g/mol. The summed E-state index contributed by atoms with van der Waals surface area (Å²) in [4.78, 5) is 26.4. The van der Waals surface area contributed by atoms with E-state index in [1.165, 1.54) is 11.0 Å². The fourth-order valence-corrected chi connectivity index (χ4v) is 3.06. The quantitative estimate of drug-likeness (QED) is 0.929. The van der Waals surface area contributed by atoms with Gasteiger partial charge in [-0.05, 0) is 36.2 Å². The van der Waals surface area contributed by atoms with E-state index >= 15 is 0 Å². The molecule has 1 heterocycles. The van der Waals surface area contributed by atoms with Gasteiger partial charge in [-0.25, -0.2) is 8.78 Å². The predicted molar refractivity (Wildman–Crippen MR) is 90.1 cm³/mol. The molecule has 4 nitrogen and oxygen atoms in total. The van der Waals surface area contributed by atoms with Crippen LogP contribution in [0.2, 0.25) is 0 Å². The van der Waals surface area contributed by atoms with E-state index in [1.807, 2.05) is 18.2 Å². The summed E-state index contributed by atoms with van der Waals surface area (Å²) in [5, 5.41) is 2.79. The average Bonchev–Trinajstić information content (AvgIpc) is 2.60. The lowest BCUT2D eigenvalue weighted by molar-refractivity contribution is -0.127. The van der Waals surface area contributed by atoms with Crippen molar-refractivity contribution in [3.05, 3.63) is 65.2 Å². The van der Waals surface area contributed by atoms with Crippen molar-refractivity contribution in [3.63, 3.8) is 0 Å². The molecule has 1 aliphatic rings. The Morgan fingerprint density at radius 3 is 2.64 bits per heavy atom. The molecule has 0 saturated heterocycles. The maximum Gasteiger partial charge on any atom is 0.228 e. The van der Waals surface area contributed by atoms with Gasteiger partial charge < -0.3 is 10.2 Å². The molecule has 2 aromatic rings. The molecule has 2 amide bonds. The first-order chi connectivity index (χ1) is 11.9. The van der Waals surface area contributed by atoms with Gasteiger partial charge in [0, 0.05) is 19.2 Å². The Hall–Kier alpha value is -2.76. The molecule has 6 heteroatoms. The minimum Gasteiger partial charge on any atom is -0.349 e. The molecule has 0 aliphatic carbocycles. The van der Waals surface area contributed by atoms with Crippen LogP contribution in [-0.2, 0) is 9.59 Å². The van der Waals surface area contributed by atoms with Crippen LogP contribution in [0.15, 0.2) is 42.5 Å². The van der Waals surface area contributed by atoms with E-state index in [1.54, 1.807) is 20.0 Å². The third kappa shape index (κ3) is 3.24. The molecule has 0 bridgehead atoms. The molecule has 0 saturated carbocycles. The Morgan fingerprint density at radius 1 is 1.20 bits per heavy atom. The number of hydrogen-bond donors (Lipinski definition) is 1. The molecule has 0 radical (unpaired) electrons. The van der Waals surface area contributed by atoms with Crippen LogP contribution in [-0.4, -0.2) is 18.9 Å². The summed E-state index contributed by atoms with van der Waals surface area (Å²) in [7, 11) is 1.68. The fourth-order valence-electron chi connectivity index (χ4n) is 3.06. The highest BCUT2D eigenvalue weighted by Crippen LogP contribution is 2.35. The number of benzene rings is 2. The zero-order valence-electron chi connectivity index (χ0n) is 13.9. The van der Waals surface area contributed by atoms with Crippen LogP contribution >= 0.6 is 0 Å². The lowest BCUT2D eigenvalue weighted by Gasteiger charge is -2.31. The van der Waals surface area contributed by atoms with E-state index in [9.17, 15) is 18.4 Å². The van der Waals surface area contributed by atoms with Crippen LogP contribution in [0.1, 0.15) is 36.4 Å². The fraction of sp³-hybridized carbons (Fsp3) is 0.263. The maximum absolute atomic E-state index is 13.4. The standard InChI is InChI=1S/C19H18F2N2O2/c1-11(12-7-8-15(20)16(21)9-12)22-19(25)14-10-18(24)23(2)17-6-4-3-5-13(14)17/h3-9,11,14H,10H2,1-2H3,(H,22,25)/t11-,14-/m0/s1. The minimum atomic E-state index is -0.960. The zero-order chi connectivity index (χ0) is 18.1. The van der Waals surface area contributed by atoms with Crippen molar-refractivity contribution in [1.82, 2.24) is 5.32 Å². The van der Waals surface area contributed by atoms with Crippen molar-refractivity contribution in [1.29, 1.82) is 0 Å². The van der Waals surface area contributed by atoms with E-state index in [-0.39, 0.29) is 18.2 Å². The smallest absolute Gasteiger partial charge is 0.228 e. The number of para-hydroxylation sites is 1. The summed E-state index contributed by atoms with van der Waals surface area (Å²) in [6.45, 7) is 1.69. The van der Waals surface area contributed by atoms with Crippen LogP contribution in [0.4, 0.5) is 14.5 Å². The Kier molecular flexibility index (Phi) is 4.53. The molecule has 0 fully saturated rings. The highest BCUT2D eigenvalue weighted by Gasteiger charge is 2.34. The van der Waals surface area contributed by atoms with Gasteiger partial charge in [-0.15, -0.1) is 0 Å². The molecule has 1 N–H and O–H groups in total. The largest absolute Gasteiger partial charge is 0.349 e. The van der Waals surface area contributed by atoms with Crippen LogP contribution in [0.3, 0.4) is 0 Å². The van der Waals surface area contributed by atoms with Gasteiger partial charge in [-0.3, -0.25) is 9.59 Å². The lowest BCUT2D eigenvalue weighted by Crippen LogP contribution is -2.40. The molecule has 2 aromatic carbocycles. The van der Waals surface area contributed by atoms with Crippen LogP contribution < -0.4 is 10.2 Å². The number of nitrogens with one attached hydrogen (secondary N) is 1. The first-order valence-electron chi connectivity index (χ1n) is 7.99. The molecule has 1 aliphatic heterocycles. The van der Waals surface area contributed by atoms with Gasteiger partial charge in [0.1, 0.15) is 0 Å². The Balaban J connectivity index is 1.82. The number of carbonyl (C=O) groups excluding carboxylic acids is 2. The zero-order valence-corrected chi connectivity index (χ0v) is 13.9. The third-order valence-electron chi connectivity index (χ3n) is 4.55. The third-order valence-corrected chi connectivity index (χ3v) is 4.55. The van der Waals surface area contributed by atoms with Crippen molar-refractivity contribution in [2.24, 2.45) is 0 Å². The van der Waals surface area contributed by atoms with Gasteiger partial charge in [-0.1, -0.05) is 24.3 Å². The number of hydrogen-bond acceptors (Lipinski definition) is 2. The molecule has 0 aromatic heterocycles. The van der Waals surface area contributed by atoms with Crippen molar-refractivity contribution in [3.8, 4) is 0 Å². The Morgan fingerprint density at radius 2 is 1.92 bits per heavy atom. The number of rotatable bonds is 3. The van der Waals surface area contributed by atoms with E-state index in [4.69, 9.17) is 0 Å². The second kappa shape index (κ2) is 6.63. The number of fused-ring (bicyclic) bond motifs is 1. The second-order valence-corrected chi connectivity index (χ2v) is 6.17. The molecule has 3 rings (SSSR count). The molecule has 2 atom stereocenters. The minimum absolute atomic E-state index is 0.0733. The van der Waals surface area contributed by atoms with E-state index in [0.717, 1.165) is 17.7 Å². The van der Waals surface area contributed by atoms with Crippen molar-refractivity contribution in [2.45, 2.75) is 25.3 Å². The summed E-state index contributed by atoms with van der Waals surface area (Å²) in [6.07, 6.45) is 0.0733. The molecular weight excluding hydrogens is 326 g/mol. The monoisotopic (exact) mass is 344 g/mol. The highest BCUT2D eigenvalue weighted by atomic mass is 19.2. The molecule has 25 heavy (non-hydrogen) atoms. The van der Waals surface area contributed by atoms with Gasteiger partial charge in [0.15, 0.2) is 11.6 Å². The second-order valence-electron chi connectivity index (χ2n) is 6.17. The van der Waals surface area contributed by atoms with Crippen LogP contribution in [0.5, 0.6) is 0 Å². The topological polar surface area (TPSA) is 49.4 Å². The van der Waals surface area contributed by atoms with E-state index in [2.05, 4.69) is 5.32 Å². The van der Waals surface area contributed by atoms with Crippen LogP contribution in [0, 0.1) is 11.6 Å². The Labute approximate surface area is 144 Å². The molecule has 0 unspecified atom stereocenters. The number of anilines is 1. The highest BCUT2D eigenvalue weighted by molar-refractivity contribution is 6.02. The van der Waals surface area contributed by atoms with Gasteiger partial charge >= 0.3 is 0 Å². The van der Waals surface area contributed by atoms with Gasteiger partial charge in [-0.2, -0.15) is 0 Å². The molecule has 130 valence electrons. The summed E-state index contributed by atoms with van der Waals surface area (Å²) in [6, 6.07) is 10.3. The Bertz CT molecular complexity index is 838. The lowest BCUT2D eigenvalue weighted by atomic mass is 9.88. The van der Waals surface area contributed by atoms with E-state index < -0.39 is 23.6 Å². The number of amides is 2. The van der Waals surface area contributed by atoms with Gasteiger partial charge in [0.25, 0.3) is 0 Å². The summed E-state index contributed by atoms with van der Waals surface area (Å²) in [5.74, 6) is -2.95. The molecular formula is C19H18F2N2O2. The van der Waals surface area contributed by atoms with Crippen molar-refractivity contribution >= 4 is 17.5 Å². The number of nitrogens with zero attached hydrogens (tertiary/aromatic N) is 1. The first kappa shape index (κ1) is 17.1. The normalized spacial score (nSPS) is 17.8. The number of halogens is 2. The first-order valence-corrected chi connectivity index (χ1v) is 7.99. The summed E-state index contributed by atoms with van der Waals surface area (Å²) < 4.78 is 26.4. The number of carbonyl (C=O) groups is 2. The summed E-state index contributed by atoms with van der Waals surface area (Å²) in [5.41, 5.74) is 1.94.